The SMILES string of the molecule is COBN(Cc1ccc(-c2ccc(N3C[C@H](CNC(C)=O)OC3=O)cc2F)cc1)Cc1cnnn1Cc1ccc(OC)cc1. The molecule has 2 heterocycles. The summed E-state index contributed by atoms with van der Waals surface area (Å²) in [5.41, 5.74) is 4.59. The Bertz CT molecular complexity index is 1580. The summed E-state index contributed by atoms with van der Waals surface area (Å²) in [6, 6.07) is 20.2. The highest BCUT2D eigenvalue weighted by Gasteiger charge is 2.32. The molecule has 1 atom stereocenters. The fraction of sp³-hybridized carbons (Fsp3) is 0.290. The Kier molecular flexibility index (Phi) is 9.87. The van der Waals surface area contributed by atoms with Crippen molar-refractivity contribution >= 4 is 25.3 Å². The minimum Gasteiger partial charge on any atom is -0.497 e. The number of rotatable bonds is 13. The lowest BCUT2D eigenvalue weighted by Gasteiger charge is -2.21. The molecule has 0 bridgehead atoms. The zero-order chi connectivity index (χ0) is 31.1. The van der Waals surface area contributed by atoms with Gasteiger partial charge in [-0.15, -0.1) is 5.10 Å². The van der Waals surface area contributed by atoms with Gasteiger partial charge in [0.25, 0.3) is 0 Å². The highest BCUT2D eigenvalue weighted by atomic mass is 19.1. The highest BCUT2D eigenvalue weighted by molar-refractivity contribution is 6.23. The third-order valence-electron chi connectivity index (χ3n) is 7.27. The zero-order valence-electron chi connectivity index (χ0n) is 24.9. The number of halogens is 1. The summed E-state index contributed by atoms with van der Waals surface area (Å²) < 4.78 is 33.1. The van der Waals surface area contributed by atoms with Gasteiger partial charge in [-0.3, -0.25) is 9.69 Å². The fourth-order valence-electron chi connectivity index (χ4n) is 5.05. The van der Waals surface area contributed by atoms with Crippen molar-refractivity contribution in [3.8, 4) is 16.9 Å². The minimum atomic E-state index is -0.572. The van der Waals surface area contributed by atoms with E-state index in [0.29, 0.717) is 44.1 Å². The number of carbonyl (C=O) groups excluding carboxylic acids is 2. The first kappa shape index (κ1) is 30.7. The van der Waals surface area contributed by atoms with Crippen molar-refractivity contribution < 1.29 is 28.1 Å². The second kappa shape index (κ2) is 14.2. The van der Waals surface area contributed by atoms with Crippen molar-refractivity contribution in [1.82, 2.24) is 25.1 Å². The van der Waals surface area contributed by atoms with Crippen molar-refractivity contribution in [3.05, 3.63) is 95.6 Å². The molecule has 1 aliphatic rings. The molecule has 13 heteroatoms. The second-order valence-corrected chi connectivity index (χ2v) is 10.6. The normalized spacial score (nSPS) is 14.5. The maximum Gasteiger partial charge on any atom is 0.414 e. The van der Waals surface area contributed by atoms with Crippen LogP contribution in [0.1, 0.15) is 23.7 Å². The van der Waals surface area contributed by atoms with E-state index in [2.05, 4.69) is 20.4 Å². The van der Waals surface area contributed by atoms with E-state index in [9.17, 15) is 9.59 Å². The van der Waals surface area contributed by atoms with Crippen LogP contribution >= 0.6 is 0 Å². The number of nitrogens with zero attached hydrogens (tertiary/aromatic N) is 5. The number of amides is 2. The summed E-state index contributed by atoms with van der Waals surface area (Å²) in [6.45, 7) is 3.57. The average Bonchev–Trinajstić information content (AvgIpc) is 3.62. The molecule has 228 valence electrons. The summed E-state index contributed by atoms with van der Waals surface area (Å²) in [5, 5.41) is 11.0. The molecule has 11 nitrogen and oxygen atoms in total. The van der Waals surface area contributed by atoms with E-state index in [1.807, 2.05) is 53.2 Å². The Morgan fingerprint density at radius 1 is 1.09 bits per heavy atom. The van der Waals surface area contributed by atoms with Gasteiger partial charge in [0.1, 0.15) is 17.7 Å². The van der Waals surface area contributed by atoms with Crippen LogP contribution in [0.4, 0.5) is 14.9 Å². The van der Waals surface area contributed by atoms with E-state index in [1.54, 1.807) is 32.5 Å². The van der Waals surface area contributed by atoms with E-state index in [1.165, 1.54) is 17.9 Å². The fourth-order valence-corrected chi connectivity index (χ4v) is 5.05. The van der Waals surface area contributed by atoms with Crippen LogP contribution in [0.15, 0.2) is 72.9 Å². The number of ether oxygens (including phenoxy) is 2. The van der Waals surface area contributed by atoms with E-state index in [-0.39, 0.29) is 19.0 Å². The highest BCUT2D eigenvalue weighted by Crippen LogP contribution is 2.29. The topological polar surface area (TPSA) is 111 Å². The van der Waals surface area contributed by atoms with Gasteiger partial charge in [0.2, 0.25) is 5.91 Å². The number of anilines is 1. The number of methoxy groups -OCH3 is 1. The van der Waals surface area contributed by atoms with Crippen LogP contribution in [0.3, 0.4) is 0 Å². The molecule has 1 N–H and O–H groups in total. The summed E-state index contributed by atoms with van der Waals surface area (Å²) >= 11 is 0. The van der Waals surface area contributed by atoms with Crippen LogP contribution in [0.5, 0.6) is 5.75 Å². The molecule has 0 unspecified atom stereocenters. The van der Waals surface area contributed by atoms with Gasteiger partial charge in [0.15, 0.2) is 0 Å². The van der Waals surface area contributed by atoms with Crippen LogP contribution in [-0.4, -0.2) is 72.8 Å². The number of hydrogen-bond acceptors (Lipinski definition) is 8. The molecular weight excluding hydrogens is 566 g/mol. The lowest BCUT2D eigenvalue weighted by molar-refractivity contribution is -0.119. The molecule has 1 aliphatic heterocycles. The van der Waals surface area contributed by atoms with Crippen LogP contribution < -0.4 is 15.0 Å². The summed E-state index contributed by atoms with van der Waals surface area (Å²) in [6.07, 6.45) is 0.689. The molecule has 1 aromatic heterocycles. The molecule has 0 saturated carbocycles. The van der Waals surface area contributed by atoms with Gasteiger partial charge < -0.3 is 24.3 Å². The lowest BCUT2D eigenvalue weighted by atomic mass is 10.0. The largest absolute Gasteiger partial charge is 0.497 e. The van der Waals surface area contributed by atoms with Crippen LogP contribution in [0.2, 0.25) is 0 Å². The minimum absolute atomic E-state index is 0.205. The molecule has 1 saturated heterocycles. The monoisotopic (exact) mass is 600 g/mol. The van der Waals surface area contributed by atoms with Crippen molar-refractivity contribution in [2.75, 3.05) is 32.2 Å². The van der Waals surface area contributed by atoms with Gasteiger partial charge in [-0.25, -0.2) is 13.9 Å². The van der Waals surface area contributed by atoms with Crippen molar-refractivity contribution in [3.63, 3.8) is 0 Å². The maximum atomic E-state index is 15.2. The van der Waals surface area contributed by atoms with Gasteiger partial charge in [-0.1, -0.05) is 41.6 Å². The quantitative estimate of drug-likeness (QED) is 0.232. The third kappa shape index (κ3) is 7.60. The van der Waals surface area contributed by atoms with E-state index in [4.69, 9.17) is 14.1 Å². The lowest BCUT2D eigenvalue weighted by Crippen LogP contribution is -2.33. The number of nitrogens with one attached hydrogen (secondary N) is 1. The standard InChI is InChI=1S/C31H34BFN6O5/c1-21(40)34-16-28-20-38(31(41)44-28)25-10-13-29(30(33)14-25)24-8-4-22(5-9-24)17-37(32-43-3)19-26-15-35-36-39(26)18-23-6-11-27(42-2)12-7-23/h4-15,28,32H,16-20H2,1-3H3,(H,34,40)/t28-/m0/s1. The molecule has 0 spiro atoms. The first-order valence-corrected chi connectivity index (χ1v) is 14.2. The van der Waals surface area contributed by atoms with Gasteiger partial charge in [-0.05, 0) is 47.0 Å². The summed E-state index contributed by atoms with van der Waals surface area (Å²) in [4.78, 5) is 27.0. The first-order chi connectivity index (χ1) is 21.3. The van der Waals surface area contributed by atoms with Crippen molar-refractivity contribution in [1.29, 1.82) is 0 Å². The third-order valence-corrected chi connectivity index (χ3v) is 7.27. The van der Waals surface area contributed by atoms with Crippen LogP contribution in [-0.2, 0) is 33.8 Å². The first-order valence-electron chi connectivity index (χ1n) is 14.2. The Labute approximate surface area is 255 Å². The maximum absolute atomic E-state index is 15.2. The average molecular weight is 600 g/mol. The van der Waals surface area contributed by atoms with Gasteiger partial charge in [-0.2, -0.15) is 0 Å². The molecule has 4 aromatic rings. The van der Waals surface area contributed by atoms with Crippen LogP contribution in [0.25, 0.3) is 11.1 Å². The number of aromatic nitrogens is 3. The Balaban J connectivity index is 1.22. The molecule has 44 heavy (non-hydrogen) atoms. The number of cyclic esters (lactones) is 1. The Hall–Kier alpha value is -4.75. The molecule has 0 radical (unpaired) electrons. The summed E-state index contributed by atoms with van der Waals surface area (Å²) in [7, 11) is 3.69. The molecule has 0 aliphatic carbocycles. The summed E-state index contributed by atoms with van der Waals surface area (Å²) in [5.74, 6) is 0.136. The molecular formula is C31H34BFN6O5. The van der Waals surface area contributed by atoms with E-state index < -0.39 is 18.0 Å². The smallest absolute Gasteiger partial charge is 0.414 e. The predicted octanol–water partition coefficient (Wildman–Crippen LogP) is 3.52. The number of carbonyl (C=O) groups is 2. The van der Waals surface area contributed by atoms with Gasteiger partial charge in [0, 0.05) is 32.7 Å². The van der Waals surface area contributed by atoms with E-state index >= 15 is 4.39 Å². The van der Waals surface area contributed by atoms with Gasteiger partial charge in [0.05, 0.1) is 44.3 Å². The Morgan fingerprint density at radius 2 is 1.84 bits per heavy atom. The Morgan fingerprint density at radius 3 is 2.52 bits per heavy atom. The molecule has 3 aromatic carbocycles. The van der Waals surface area contributed by atoms with Crippen molar-refractivity contribution in [2.45, 2.75) is 32.7 Å². The van der Waals surface area contributed by atoms with Crippen molar-refractivity contribution in [2.24, 2.45) is 0 Å². The second-order valence-electron chi connectivity index (χ2n) is 10.6. The zero-order valence-corrected chi connectivity index (χ0v) is 24.9. The number of benzene rings is 3. The molecule has 5 rings (SSSR count). The van der Waals surface area contributed by atoms with Crippen LogP contribution in [0, 0.1) is 5.82 Å². The van der Waals surface area contributed by atoms with Gasteiger partial charge >= 0.3 is 13.7 Å². The predicted molar refractivity (Wildman–Crippen MR) is 164 cm³/mol. The molecule has 2 amide bonds. The van der Waals surface area contributed by atoms with E-state index in [0.717, 1.165) is 22.6 Å². The number of hydrogen-bond donors (Lipinski definition) is 1. The molecule has 1 fully saturated rings.